The lowest BCUT2D eigenvalue weighted by Crippen LogP contribution is -2.37. The monoisotopic (exact) mass is 323 g/mol. The first-order chi connectivity index (χ1) is 10.7. The summed E-state index contributed by atoms with van der Waals surface area (Å²) in [7, 11) is 0. The maximum atomic E-state index is 10.0. The van der Waals surface area contributed by atoms with E-state index in [1.807, 2.05) is 6.92 Å². The van der Waals surface area contributed by atoms with Crippen LogP contribution >= 0.6 is 12.2 Å². The lowest BCUT2D eigenvalue weighted by atomic mass is 10.2. The normalized spacial score (nSPS) is 17.6. The van der Waals surface area contributed by atoms with E-state index in [9.17, 15) is 5.11 Å². The Kier molecular flexibility index (Phi) is 6.42. The van der Waals surface area contributed by atoms with Gasteiger partial charge in [0.1, 0.15) is 0 Å². The van der Waals surface area contributed by atoms with E-state index in [1.165, 1.54) is 6.21 Å². The molecule has 7 heteroatoms. The number of benzene rings is 1. The van der Waals surface area contributed by atoms with Crippen molar-refractivity contribution in [2.24, 2.45) is 5.10 Å². The van der Waals surface area contributed by atoms with E-state index in [0.717, 1.165) is 19.4 Å². The maximum absolute atomic E-state index is 10.0. The van der Waals surface area contributed by atoms with Crippen LogP contribution in [0.5, 0.6) is 11.5 Å². The van der Waals surface area contributed by atoms with Crippen molar-refractivity contribution in [2.45, 2.75) is 25.9 Å². The Labute approximate surface area is 135 Å². The van der Waals surface area contributed by atoms with Crippen molar-refractivity contribution < 1.29 is 14.6 Å². The van der Waals surface area contributed by atoms with Gasteiger partial charge in [-0.05, 0) is 44.1 Å². The van der Waals surface area contributed by atoms with Gasteiger partial charge in [0.2, 0.25) is 0 Å². The summed E-state index contributed by atoms with van der Waals surface area (Å²) in [4.78, 5) is 0. The molecule has 1 saturated heterocycles. The van der Waals surface area contributed by atoms with Gasteiger partial charge in [-0.1, -0.05) is 6.07 Å². The fraction of sp³-hybridized carbons (Fsp3) is 0.467. The molecule has 0 bridgehead atoms. The fourth-order valence-electron chi connectivity index (χ4n) is 2.13. The number of hydrogen-bond acceptors (Lipinski definition) is 5. The molecule has 0 saturated carbocycles. The highest BCUT2D eigenvalue weighted by atomic mass is 32.1. The van der Waals surface area contributed by atoms with Crippen LogP contribution in [0.25, 0.3) is 0 Å². The number of rotatable bonds is 6. The molecule has 120 valence electrons. The number of phenols is 1. The van der Waals surface area contributed by atoms with Crippen LogP contribution in [-0.4, -0.2) is 42.3 Å². The quantitative estimate of drug-likeness (QED) is 0.421. The Morgan fingerprint density at radius 3 is 3.18 bits per heavy atom. The SMILES string of the molecule is CCOc1cccc(/C=N/NC(=S)NCC2CCCO2)c1O. The van der Waals surface area contributed by atoms with Gasteiger partial charge >= 0.3 is 0 Å². The van der Waals surface area contributed by atoms with Crippen molar-refractivity contribution in [3.05, 3.63) is 23.8 Å². The molecule has 1 aliphatic heterocycles. The zero-order chi connectivity index (χ0) is 15.8. The first-order valence-electron chi connectivity index (χ1n) is 7.34. The minimum Gasteiger partial charge on any atom is -0.504 e. The summed E-state index contributed by atoms with van der Waals surface area (Å²) in [5.41, 5.74) is 3.27. The number of aromatic hydroxyl groups is 1. The lowest BCUT2D eigenvalue weighted by molar-refractivity contribution is 0.114. The third kappa shape index (κ3) is 4.85. The van der Waals surface area contributed by atoms with Gasteiger partial charge in [-0.25, -0.2) is 0 Å². The Morgan fingerprint density at radius 2 is 2.45 bits per heavy atom. The maximum Gasteiger partial charge on any atom is 0.187 e. The molecule has 1 heterocycles. The number of para-hydroxylation sites is 1. The second-order valence-electron chi connectivity index (χ2n) is 4.84. The minimum atomic E-state index is 0.0631. The van der Waals surface area contributed by atoms with Crippen LogP contribution in [0.1, 0.15) is 25.3 Å². The molecule has 1 unspecified atom stereocenters. The van der Waals surface area contributed by atoms with Crippen LogP contribution in [0.2, 0.25) is 0 Å². The van der Waals surface area contributed by atoms with Gasteiger partial charge in [0.15, 0.2) is 16.6 Å². The number of phenolic OH excluding ortho intramolecular Hbond substituents is 1. The molecule has 1 aromatic rings. The van der Waals surface area contributed by atoms with E-state index < -0.39 is 0 Å². The van der Waals surface area contributed by atoms with Gasteiger partial charge in [-0.2, -0.15) is 5.10 Å². The fourth-order valence-corrected chi connectivity index (χ4v) is 2.26. The molecule has 0 radical (unpaired) electrons. The van der Waals surface area contributed by atoms with Crippen molar-refractivity contribution >= 4 is 23.5 Å². The number of nitrogens with one attached hydrogen (secondary N) is 2. The molecule has 0 spiro atoms. The first kappa shape index (κ1) is 16.5. The molecule has 1 atom stereocenters. The van der Waals surface area contributed by atoms with Crippen molar-refractivity contribution in [1.29, 1.82) is 0 Å². The average molecular weight is 323 g/mol. The number of ether oxygens (including phenoxy) is 2. The van der Waals surface area contributed by atoms with Gasteiger partial charge in [0, 0.05) is 18.7 Å². The highest BCUT2D eigenvalue weighted by Gasteiger charge is 2.15. The molecule has 1 fully saturated rings. The predicted octanol–water partition coefficient (Wildman–Crippen LogP) is 1.77. The van der Waals surface area contributed by atoms with E-state index in [1.54, 1.807) is 18.2 Å². The summed E-state index contributed by atoms with van der Waals surface area (Å²) in [6.07, 6.45) is 3.87. The topological polar surface area (TPSA) is 75.1 Å². The molecule has 3 N–H and O–H groups in total. The van der Waals surface area contributed by atoms with Crippen LogP contribution in [0.15, 0.2) is 23.3 Å². The molecule has 1 aromatic carbocycles. The zero-order valence-corrected chi connectivity index (χ0v) is 13.4. The van der Waals surface area contributed by atoms with Crippen LogP contribution in [-0.2, 0) is 4.74 Å². The van der Waals surface area contributed by atoms with E-state index in [2.05, 4.69) is 15.8 Å². The van der Waals surface area contributed by atoms with E-state index in [-0.39, 0.29) is 11.9 Å². The van der Waals surface area contributed by atoms with Crippen molar-refractivity contribution in [2.75, 3.05) is 19.8 Å². The van der Waals surface area contributed by atoms with Gasteiger partial charge in [0.05, 0.1) is 18.9 Å². The van der Waals surface area contributed by atoms with Crippen LogP contribution in [0, 0.1) is 0 Å². The van der Waals surface area contributed by atoms with Crippen molar-refractivity contribution in [3.8, 4) is 11.5 Å². The smallest absolute Gasteiger partial charge is 0.187 e. The first-order valence-corrected chi connectivity index (χ1v) is 7.74. The predicted molar refractivity (Wildman–Crippen MR) is 89.6 cm³/mol. The second-order valence-corrected chi connectivity index (χ2v) is 5.25. The Morgan fingerprint density at radius 1 is 1.59 bits per heavy atom. The summed E-state index contributed by atoms with van der Waals surface area (Å²) < 4.78 is 10.8. The highest BCUT2D eigenvalue weighted by Crippen LogP contribution is 2.28. The van der Waals surface area contributed by atoms with Crippen LogP contribution in [0.3, 0.4) is 0 Å². The number of thiocarbonyl (C=S) groups is 1. The second kappa shape index (κ2) is 8.55. The third-order valence-corrected chi connectivity index (χ3v) is 3.45. The number of nitrogens with zero attached hydrogens (tertiary/aromatic N) is 1. The molecule has 0 aromatic heterocycles. The molecule has 0 aliphatic carbocycles. The standard InChI is InChI=1S/C15H21N3O3S/c1-2-20-13-7-3-5-11(14(13)19)9-17-18-15(22)16-10-12-6-4-8-21-12/h3,5,7,9,12,19H,2,4,6,8,10H2,1H3,(H2,16,18,22)/b17-9+. The summed E-state index contributed by atoms with van der Waals surface area (Å²) >= 11 is 5.13. The average Bonchev–Trinajstić information content (AvgIpc) is 3.02. The molecular formula is C15H21N3O3S. The largest absolute Gasteiger partial charge is 0.504 e. The Balaban J connectivity index is 1.81. The zero-order valence-electron chi connectivity index (χ0n) is 12.5. The summed E-state index contributed by atoms with van der Waals surface area (Å²) in [5.74, 6) is 0.499. The number of hydrogen-bond donors (Lipinski definition) is 3. The Bertz CT molecular complexity index is 531. The third-order valence-electron chi connectivity index (χ3n) is 3.21. The van der Waals surface area contributed by atoms with Gasteiger partial charge in [-0.15, -0.1) is 0 Å². The van der Waals surface area contributed by atoms with E-state index in [4.69, 9.17) is 21.7 Å². The molecule has 2 rings (SSSR count). The van der Waals surface area contributed by atoms with Crippen LogP contribution < -0.4 is 15.5 Å². The molecule has 0 amide bonds. The van der Waals surface area contributed by atoms with E-state index >= 15 is 0 Å². The Hall–Kier alpha value is -1.86. The molecule has 6 nitrogen and oxygen atoms in total. The molecule has 1 aliphatic rings. The van der Waals surface area contributed by atoms with Crippen molar-refractivity contribution in [3.63, 3.8) is 0 Å². The van der Waals surface area contributed by atoms with Gasteiger partial charge < -0.3 is 19.9 Å². The highest BCUT2D eigenvalue weighted by molar-refractivity contribution is 7.80. The summed E-state index contributed by atoms with van der Waals surface area (Å²) in [6.45, 7) is 3.84. The van der Waals surface area contributed by atoms with Crippen molar-refractivity contribution in [1.82, 2.24) is 10.7 Å². The molecule has 22 heavy (non-hydrogen) atoms. The van der Waals surface area contributed by atoms with Crippen LogP contribution in [0.4, 0.5) is 0 Å². The number of hydrazone groups is 1. The lowest BCUT2D eigenvalue weighted by Gasteiger charge is -2.11. The van der Waals surface area contributed by atoms with Gasteiger partial charge in [-0.3, -0.25) is 5.43 Å². The molecular weight excluding hydrogens is 302 g/mol. The minimum absolute atomic E-state index is 0.0631. The summed E-state index contributed by atoms with van der Waals surface area (Å²) in [6, 6.07) is 5.24. The van der Waals surface area contributed by atoms with E-state index in [0.29, 0.717) is 29.6 Å². The van der Waals surface area contributed by atoms with Gasteiger partial charge in [0.25, 0.3) is 0 Å². The summed E-state index contributed by atoms with van der Waals surface area (Å²) in [5, 5.41) is 17.5.